The normalized spacial score (nSPS) is 12.9. The fraction of sp³-hybridized carbons (Fsp3) is 0.267. The molecular formula is C15H18N4. The maximum atomic E-state index is 4.32. The second-order valence-electron chi connectivity index (χ2n) is 4.72. The van der Waals surface area contributed by atoms with Crippen molar-refractivity contribution in [1.82, 2.24) is 20.3 Å². The number of hydrogen-bond donors (Lipinski definition) is 3. The molecular weight excluding hydrogens is 236 g/mol. The molecule has 0 bridgehead atoms. The zero-order chi connectivity index (χ0) is 13.1. The molecule has 0 amide bonds. The van der Waals surface area contributed by atoms with Crippen molar-refractivity contribution in [3.05, 3.63) is 54.2 Å². The Bertz CT molecular complexity index is 639. The van der Waals surface area contributed by atoms with Crippen LogP contribution < -0.4 is 5.32 Å². The van der Waals surface area contributed by atoms with Gasteiger partial charge in [0.15, 0.2) is 0 Å². The summed E-state index contributed by atoms with van der Waals surface area (Å²) in [5.74, 6) is 1.00. The van der Waals surface area contributed by atoms with E-state index in [9.17, 15) is 0 Å². The zero-order valence-electron chi connectivity index (χ0n) is 11.0. The molecule has 2 aromatic heterocycles. The summed E-state index contributed by atoms with van der Waals surface area (Å²) in [6, 6.07) is 8.87. The lowest BCUT2D eigenvalue weighted by molar-refractivity contribution is 0.498. The average Bonchev–Trinajstić information content (AvgIpc) is 3.10. The number of aromatic nitrogens is 3. The molecule has 3 aromatic rings. The van der Waals surface area contributed by atoms with E-state index in [-0.39, 0.29) is 6.04 Å². The molecule has 0 aliphatic heterocycles. The van der Waals surface area contributed by atoms with E-state index in [1.807, 2.05) is 12.4 Å². The first-order chi connectivity index (χ1) is 9.36. The van der Waals surface area contributed by atoms with Crippen LogP contribution in [0.4, 0.5) is 0 Å². The van der Waals surface area contributed by atoms with Crippen LogP contribution in [-0.4, -0.2) is 15.0 Å². The minimum absolute atomic E-state index is 0.275. The highest BCUT2D eigenvalue weighted by Crippen LogP contribution is 2.16. The minimum Gasteiger partial charge on any atom is -0.361 e. The largest absolute Gasteiger partial charge is 0.361 e. The molecule has 4 nitrogen and oxygen atoms in total. The average molecular weight is 254 g/mol. The summed E-state index contributed by atoms with van der Waals surface area (Å²) >= 11 is 0. The maximum absolute atomic E-state index is 4.32. The summed E-state index contributed by atoms with van der Waals surface area (Å²) in [6.07, 6.45) is 6.65. The number of fused-ring (bicyclic) bond motifs is 1. The molecule has 1 unspecified atom stereocenters. The monoisotopic (exact) mass is 254 g/mol. The Morgan fingerprint density at radius 3 is 2.95 bits per heavy atom. The second kappa shape index (κ2) is 5.28. The fourth-order valence-electron chi connectivity index (χ4n) is 2.36. The molecule has 4 heteroatoms. The molecule has 0 saturated carbocycles. The molecule has 19 heavy (non-hydrogen) atoms. The van der Waals surface area contributed by atoms with Gasteiger partial charge in [0.2, 0.25) is 0 Å². The van der Waals surface area contributed by atoms with Crippen molar-refractivity contribution in [2.45, 2.75) is 25.9 Å². The van der Waals surface area contributed by atoms with Crippen molar-refractivity contribution >= 4 is 10.9 Å². The minimum atomic E-state index is 0.275. The van der Waals surface area contributed by atoms with Crippen LogP contribution in [0.3, 0.4) is 0 Å². The third-order valence-corrected chi connectivity index (χ3v) is 3.43. The fourth-order valence-corrected chi connectivity index (χ4v) is 2.36. The summed E-state index contributed by atoms with van der Waals surface area (Å²) < 4.78 is 0. The topological polar surface area (TPSA) is 56.5 Å². The molecule has 0 fully saturated rings. The molecule has 3 rings (SSSR count). The SMILES string of the molecule is CCC(NCc1ccc2[nH]ccc2c1)c1ncc[nH]1. The Kier molecular flexibility index (Phi) is 3.33. The number of imidazole rings is 1. The number of aromatic amines is 2. The molecule has 3 N–H and O–H groups in total. The number of nitrogens with one attached hydrogen (secondary N) is 3. The number of rotatable bonds is 5. The van der Waals surface area contributed by atoms with Crippen molar-refractivity contribution in [3.8, 4) is 0 Å². The molecule has 2 heterocycles. The second-order valence-corrected chi connectivity index (χ2v) is 4.72. The molecule has 0 saturated heterocycles. The van der Waals surface area contributed by atoms with E-state index in [1.54, 1.807) is 6.20 Å². The first-order valence-corrected chi connectivity index (χ1v) is 6.65. The summed E-state index contributed by atoms with van der Waals surface area (Å²) in [7, 11) is 0. The van der Waals surface area contributed by atoms with Gasteiger partial charge in [0.05, 0.1) is 6.04 Å². The van der Waals surface area contributed by atoms with Crippen molar-refractivity contribution in [2.75, 3.05) is 0 Å². The van der Waals surface area contributed by atoms with Crippen molar-refractivity contribution in [1.29, 1.82) is 0 Å². The van der Waals surface area contributed by atoms with Crippen molar-refractivity contribution in [2.24, 2.45) is 0 Å². The highest BCUT2D eigenvalue weighted by Gasteiger charge is 2.10. The lowest BCUT2D eigenvalue weighted by Gasteiger charge is -2.14. The Balaban J connectivity index is 1.70. The highest BCUT2D eigenvalue weighted by atomic mass is 15.0. The van der Waals surface area contributed by atoms with Gasteiger partial charge in [0.25, 0.3) is 0 Å². The van der Waals surface area contributed by atoms with Gasteiger partial charge >= 0.3 is 0 Å². The summed E-state index contributed by atoms with van der Waals surface area (Å²) in [5, 5.41) is 4.80. The molecule has 0 aliphatic carbocycles. The predicted octanol–water partition coefficient (Wildman–Crippen LogP) is 3.13. The summed E-state index contributed by atoms with van der Waals surface area (Å²) in [6.45, 7) is 3.01. The van der Waals surface area contributed by atoms with Gasteiger partial charge in [0.1, 0.15) is 5.82 Å². The van der Waals surface area contributed by atoms with Crippen LogP contribution in [0.5, 0.6) is 0 Å². The Hall–Kier alpha value is -2.07. The first kappa shape index (κ1) is 12.0. The molecule has 98 valence electrons. The van der Waals surface area contributed by atoms with Gasteiger partial charge in [-0.3, -0.25) is 0 Å². The van der Waals surface area contributed by atoms with E-state index in [4.69, 9.17) is 0 Å². The van der Waals surface area contributed by atoms with Gasteiger partial charge in [-0.2, -0.15) is 0 Å². The molecule has 1 atom stereocenters. The van der Waals surface area contributed by atoms with E-state index in [1.165, 1.54) is 16.5 Å². The zero-order valence-corrected chi connectivity index (χ0v) is 11.0. The van der Waals surface area contributed by atoms with Crippen molar-refractivity contribution in [3.63, 3.8) is 0 Å². The quantitative estimate of drug-likeness (QED) is 0.655. The van der Waals surface area contributed by atoms with Crippen LogP contribution in [0.2, 0.25) is 0 Å². The van der Waals surface area contributed by atoms with Crippen LogP contribution in [0.25, 0.3) is 10.9 Å². The lowest BCUT2D eigenvalue weighted by Crippen LogP contribution is -2.21. The van der Waals surface area contributed by atoms with E-state index in [2.05, 4.69) is 51.5 Å². The molecule has 0 aliphatic rings. The number of hydrogen-bond acceptors (Lipinski definition) is 2. The number of benzene rings is 1. The maximum Gasteiger partial charge on any atom is 0.123 e. The van der Waals surface area contributed by atoms with E-state index in [0.717, 1.165) is 18.8 Å². The van der Waals surface area contributed by atoms with Crippen LogP contribution in [-0.2, 0) is 6.54 Å². The lowest BCUT2D eigenvalue weighted by atomic mass is 10.1. The first-order valence-electron chi connectivity index (χ1n) is 6.65. The van der Waals surface area contributed by atoms with E-state index >= 15 is 0 Å². The smallest absolute Gasteiger partial charge is 0.123 e. The Morgan fingerprint density at radius 2 is 2.16 bits per heavy atom. The van der Waals surface area contributed by atoms with Gasteiger partial charge in [-0.05, 0) is 35.6 Å². The van der Waals surface area contributed by atoms with Gasteiger partial charge < -0.3 is 15.3 Å². The van der Waals surface area contributed by atoms with Gasteiger partial charge in [-0.1, -0.05) is 13.0 Å². The molecule has 1 aromatic carbocycles. The number of H-pyrrole nitrogens is 2. The Morgan fingerprint density at radius 1 is 1.21 bits per heavy atom. The van der Waals surface area contributed by atoms with Gasteiger partial charge in [-0.15, -0.1) is 0 Å². The summed E-state index contributed by atoms with van der Waals surface area (Å²) in [4.78, 5) is 10.7. The van der Waals surface area contributed by atoms with Crippen LogP contribution >= 0.6 is 0 Å². The van der Waals surface area contributed by atoms with Gasteiger partial charge in [-0.25, -0.2) is 4.98 Å². The van der Waals surface area contributed by atoms with E-state index in [0.29, 0.717) is 0 Å². The van der Waals surface area contributed by atoms with Crippen molar-refractivity contribution < 1.29 is 0 Å². The predicted molar refractivity (Wildman–Crippen MR) is 76.8 cm³/mol. The van der Waals surface area contributed by atoms with Crippen LogP contribution in [0.15, 0.2) is 42.9 Å². The third kappa shape index (κ3) is 2.53. The summed E-state index contributed by atoms with van der Waals surface area (Å²) in [5.41, 5.74) is 2.47. The molecule has 0 spiro atoms. The van der Waals surface area contributed by atoms with Crippen LogP contribution in [0, 0.1) is 0 Å². The van der Waals surface area contributed by atoms with E-state index < -0.39 is 0 Å². The molecule has 0 radical (unpaired) electrons. The standard InChI is InChI=1S/C15H18N4/c1-2-13(15-17-7-8-18-15)19-10-11-3-4-14-12(9-11)5-6-16-14/h3-9,13,16,19H,2,10H2,1H3,(H,17,18). The van der Waals surface area contributed by atoms with Gasteiger partial charge in [0, 0.05) is 30.7 Å². The number of nitrogens with zero attached hydrogens (tertiary/aromatic N) is 1. The van der Waals surface area contributed by atoms with Crippen LogP contribution in [0.1, 0.15) is 30.8 Å². The Labute approximate surface area is 112 Å². The third-order valence-electron chi connectivity index (χ3n) is 3.43. The highest BCUT2D eigenvalue weighted by molar-refractivity contribution is 5.79.